The number of hydrogen-bond acceptors (Lipinski definition) is 8. The summed E-state index contributed by atoms with van der Waals surface area (Å²) in [5.41, 5.74) is 7.10. The fourth-order valence-electron chi connectivity index (χ4n) is 7.83. The third-order valence-electron chi connectivity index (χ3n) is 10.5. The van der Waals surface area contributed by atoms with Gasteiger partial charge in [-0.05, 0) is 93.8 Å². The highest BCUT2D eigenvalue weighted by molar-refractivity contribution is 6.07. The number of fused-ring (bicyclic) bond motifs is 2. The van der Waals surface area contributed by atoms with Gasteiger partial charge in [-0.2, -0.15) is 0 Å². The summed E-state index contributed by atoms with van der Waals surface area (Å²) in [7, 11) is 3.97. The van der Waals surface area contributed by atoms with Crippen LogP contribution in [0.15, 0.2) is 17.1 Å². The first kappa shape index (κ1) is 34.5. The Morgan fingerprint density at radius 3 is 2.60 bits per heavy atom. The summed E-state index contributed by atoms with van der Waals surface area (Å²) in [6.07, 6.45) is 6.15. The van der Waals surface area contributed by atoms with Gasteiger partial charge in [0.05, 0.1) is 24.4 Å². The average molecular weight is 663 g/mol. The van der Waals surface area contributed by atoms with Crippen molar-refractivity contribution < 1.29 is 23.8 Å². The third kappa shape index (κ3) is 6.88. The largest absolute Gasteiger partial charge is 0.490 e. The number of benzene rings is 1. The lowest BCUT2D eigenvalue weighted by atomic mass is 9.87. The molecule has 0 bridgehead atoms. The molecule has 1 atom stereocenters. The van der Waals surface area contributed by atoms with Gasteiger partial charge in [-0.3, -0.25) is 24.9 Å². The van der Waals surface area contributed by atoms with Crippen molar-refractivity contribution >= 4 is 22.7 Å². The number of halogens is 1. The Balaban J connectivity index is 1.43. The molecule has 0 spiro atoms. The molecular formula is C37H51FN6O4. The zero-order chi connectivity index (χ0) is 33.9. The van der Waals surface area contributed by atoms with Gasteiger partial charge >= 0.3 is 5.97 Å². The second-order valence-corrected chi connectivity index (χ2v) is 13.5. The number of carboxylic acids is 1. The van der Waals surface area contributed by atoms with Crippen molar-refractivity contribution in [3.05, 3.63) is 46.0 Å². The average Bonchev–Trinajstić information content (AvgIpc) is 3.42. The van der Waals surface area contributed by atoms with Crippen LogP contribution in [0.3, 0.4) is 0 Å². The monoisotopic (exact) mass is 662 g/mol. The van der Waals surface area contributed by atoms with Crippen LogP contribution in [0, 0.1) is 19.7 Å². The van der Waals surface area contributed by atoms with Crippen molar-refractivity contribution in [3.8, 4) is 16.9 Å². The topological polar surface area (TPSA) is 104 Å². The molecule has 1 unspecified atom stereocenters. The minimum absolute atomic E-state index is 0.180. The molecule has 1 aromatic carbocycles. The minimum Gasteiger partial charge on any atom is -0.490 e. The lowest BCUT2D eigenvalue weighted by molar-refractivity contribution is -0.136. The van der Waals surface area contributed by atoms with E-state index < -0.39 is 11.8 Å². The van der Waals surface area contributed by atoms with Gasteiger partial charge in [-0.15, -0.1) is 0 Å². The lowest BCUT2D eigenvalue weighted by Crippen LogP contribution is -2.56. The quantitative estimate of drug-likeness (QED) is 0.269. The molecule has 3 aromatic rings. The van der Waals surface area contributed by atoms with E-state index in [1.807, 2.05) is 27.9 Å². The minimum atomic E-state index is -0.949. The molecule has 3 aliphatic heterocycles. The van der Waals surface area contributed by atoms with Crippen LogP contribution in [0.4, 0.5) is 4.39 Å². The number of aliphatic carboxylic acids is 1. The normalized spacial score (nSPS) is 19.0. The highest BCUT2D eigenvalue weighted by Crippen LogP contribution is 2.42. The summed E-state index contributed by atoms with van der Waals surface area (Å²) in [4.78, 5) is 27.5. The molecule has 2 fully saturated rings. The van der Waals surface area contributed by atoms with E-state index in [1.165, 1.54) is 6.07 Å². The number of aliphatic imine (C=N–C) groups is 1. The van der Waals surface area contributed by atoms with E-state index in [4.69, 9.17) is 19.5 Å². The second kappa shape index (κ2) is 15.0. The van der Waals surface area contributed by atoms with Crippen LogP contribution in [0.5, 0.6) is 5.75 Å². The molecule has 260 valence electrons. The lowest BCUT2D eigenvalue weighted by Gasteiger charge is -2.42. The van der Waals surface area contributed by atoms with Crippen LogP contribution in [0.2, 0.25) is 0 Å². The number of hydrogen-bond donors (Lipinski definition) is 2. The van der Waals surface area contributed by atoms with Crippen molar-refractivity contribution in [2.75, 3.05) is 53.0 Å². The standard InChI is InChI=1S/C37H51FN6O4/c1-6-7-10-31(41-37(39-4)44-15-13-43(14-16-44)25-11-18-47-19-12-25)32-21-29-34(28(22-33(45)46)24(3)40-36(29)42(32)5)27-20-30(38)35-26(23(27)2)9-8-17-48-35/h20-21,25,37,39H,6-19,22H2,1-5H3,(H,45,46)/b41-31+. The smallest absolute Gasteiger partial charge is 0.307 e. The van der Waals surface area contributed by atoms with E-state index >= 15 is 4.39 Å². The number of aromatic nitrogens is 2. The van der Waals surface area contributed by atoms with Gasteiger partial charge in [-0.1, -0.05) is 13.3 Å². The molecule has 2 aromatic heterocycles. The number of pyridine rings is 1. The van der Waals surface area contributed by atoms with Gasteiger partial charge in [0.1, 0.15) is 5.65 Å². The van der Waals surface area contributed by atoms with Crippen LogP contribution in [0.1, 0.15) is 73.5 Å². The van der Waals surface area contributed by atoms with Crippen molar-refractivity contribution in [1.82, 2.24) is 24.7 Å². The number of aryl methyl sites for hydroxylation is 2. The van der Waals surface area contributed by atoms with E-state index in [-0.39, 0.29) is 12.7 Å². The Kier molecular flexibility index (Phi) is 10.8. The van der Waals surface area contributed by atoms with Gasteiger partial charge in [0.15, 0.2) is 17.9 Å². The SMILES string of the molecule is CCCC/C(=N\C(NC)N1CCN(C2CCOCC2)CC1)c1cc2c(-c3cc(F)c4c(c3C)CCCO4)c(CC(=O)O)c(C)nc2n1C. The zero-order valence-electron chi connectivity index (χ0n) is 29.2. The number of carboxylic acid groups (broad SMARTS) is 1. The maximum absolute atomic E-state index is 15.6. The number of ether oxygens (including phenoxy) is 2. The molecule has 2 saturated heterocycles. The predicted molar refractivity (Wildman–Crippen MR) is 187 cm³/mol. The summed E-state index contributed by atoms with van der Waals surface area (Å²) in [6.45, 7) is 12.1. The summed E-state index contributed by atoms with van der Waals surface area (Å²) in [5, 5.41) is 14.3. The van der Waals surface area contributed by atoms with E-state index in [0.29, 0.717) is 35.2 Å². The molecule has 0 amide bonds. The molecule has 3 aliphatic rings. The highest BCUT2D eigenvalue weighted by atomic mass is 19.1. The predicted octanol–water partition coefficient (Wildman–Crippen LogP) is 5.23. The molecule has 0 radical (unpaired) electrons. The first-order chi connectivity index (χ1) is 23.2. The fraction of sp³-hybridized carbons (Fsp3) is 0.595. The Morgan fingerprint density at radius 1 is 1.17 bits per heavy atom. The van der Waals surface area contributed by atoms with Crippen LogP contribution in [-0.4, -0.2) is 102 Å². The first-order valence-corrected chi connectivity index (χ1v) is 17.7. The van der Waals surface area contributed by atoms with Gasteiger partial charge in [0, 0.05) is 69.1 Å². The zero-order valence-corrected chi connectivity index (χ0v) is 29.2. The van der Waals surface area contributed by atoms with E-state index in [9.17, 15) is 9.90 Å². The summed E-state index contributed by atoms with van der Waals surface area (Å²) >= 11 is 0. The Hall–Kier alpha value is -3.38. The molecule has 2 N–H and O–H groups in total. The van der Waals surface area contributed by atoms with Crippen molar-refractivity contribution in [2.24, 2.45) is 12.0 Å². The van der Waals surface area contributed by atoms with E-state index in [1.54, 1.807) is 0 Å². The van der Waals surface area contributed by atoms with E-state index in [0.717, 1.165) is 123 Å². The Morgan fingerprint density at radius 2 is 1.92 bits per heavy atom. The Labute approximate surface area is 283 Å². The maximum Gasteiger partial charge on any atom is 0.307 e. The number of nitrogens with one attached hydrogen (secondary N) is 1. The van der Waals surface area contributed by atoms with Gasteiger partial charge in [0.25, 0.3) is 0 Å². The van der Waals surface area contributed by atoms with Gasteiger partial charge in [0.2, 0.25) is 0 Å². The van der Waals surface area contributed by atoms with Crippen LogP contribution < -0.4 is 10.1 Å². The summed E-state index contributed by atoms with van der Waals surface area (Å²) in [6, 6.07) is 4.22. The second-order valence-electron chi connectivity index (χ2n) is 13.5. The Bertz CT molecular complexity index is 1670. The van der Waals surface area contributed by atoms with Crippen LogP contribution in [-0.2, 0) is 29.4 Å². The molecule has 5 heterocycles. The van der Waals surface area contributed by atoms with Crippen molar-refractivity contribution in [1.29, 1.82) is 0 Å². The van der Waals surface area contributed by atoms with Crippen molar-refractivity contribution in [3.63, 3.8) is 0 Å². The summed E-state index contributed by atoms with van der Waals surface area (Å²) in [5.74, 6) is -1.04. The number of carbonyl (C=O) groups is 1. The molecule has 0 aliphatic carbocycles. The molecule has 11 heteroatoms. The highest BCUT2D eigenvalue weighted by Gasteiger charge is 2.30. The van der Waals surface area contributed by atoms with Crippen LogP contribution >= 0.6 is 0 Å². The maximum atomic E-state index is 15.6. The third-order valence-corrected chi connectivity index (χ3v) is 10.5. The molecule has 48 heavy (non-hydrogen) atoms. The number of piperazine rings is 1. The number of nitrogens with zero attached hydrogens (tertiary/aromatic N) is 5. The van der Waals surface area contributed by atoms with Gasteiger partial charge < -0.3 is 19.1 Å². The van der Waals surface area contributed by atoms with Crippen LogP contribution in [0.25, 0.3) is 22.2 Å². The molecular weight excluding hydrogens is 611 g/mol. The summed E-state index contributed by atoms with van der Waals surface area (Å²) < 4.78 is 29.0. The molecule has 6 rings (SSSR count). The molecule has 0 saturated carbocycles. The molecule has 10 nitrogen and oxygen atoms in total. The first-order valence-electron chi connectivity index (χ1n) is 17.7. The van der Waals surface area contributed by atoms with Crippen molar-refractivity contribution in [2.45, 2.75) is 84.5 Å². The number of rotatable bonds is 11. The van der Waals surface area contributed by atoms with Gasteiger partial charge in [-0.25, -0.2) is 9.37 Å². The fourth-order valence-corrected chi connectivity index (χ4v) is 7.83. The van der Waals surface area contributed by atoms with E-state index in [2.05, 4.69) is 32.7 Å². The number of unbranched alkanes of at least 4 members (excludes halogenated alkanes) is 1.